The zero-order valence-electron chi connectivity index (χ0n) is 16.7. The van der Waals surface area contributed by atoms with Gasteiger partial charge in [-0.2, -0.15) is 5.10 Å². The average molecular weight is 475 g/mol. The normalized spacial score (nSPS) is 15.5. The molecule has 2 heterocycles. The maximum absolute atomic E-state index is 13.5. The van der Waals surface area contributed by atoms with Crippen LogP contribution in [0.5, 0.6) is 5.75 Å². The smallest absolute Gasteiger partial charge is 0.266 e. The summed E-state index contributed by atoms with van der Waals surface area (Å²) in [7, 11) is 1.65. The van der Waals surface area contributed by atoms with Crippen molar-refractivity contribution in [1.82, 2.24) is 15.0 Å². The van der Waals surface area contributed by atoms with Gasteiger partial charge in [0.05, 0.1) is 29.6 Å². The van der Waals surface area contributed by atoms with E-state index in [0.29, 0.717) is 23.3 Å². The summed E-state index contributed by atoms with van der Waals surface area (Å²) in [5, 5.41) is 5.13. The van der Waals surface area contributed by atoms with Gasteiger partial charge >= 0.3 is 0 Å². The van der Waals surface area contributed by atoms with Crippen molar-refractivity contribution in [3.63, 3.8) is 0 Å². The Balaban J connectivity index is 1.72. The molecule has 0 saturated carbocycles. The predicted octanol–water partition coefficient (Wildman–Crippen LogP) is 4.25. The minimum atomic E-state index is -0.119. The van der Waals surface area contributed by atoms with Gasteiger partial charge < -0.3 is 10.2 Å². The van der Waals surface area contributed by atoms with Gasteiger partial charge in [-0.05, 0) is 54.1 Å². The highest BCUT2D eigenvalue weighted by molar-refractivity contribution is 9.10. The highest BCUT2D eigenvalue weighted by atomic mass is 79.9. The number of halogens is 1. The van der Waals surface area contributed by atoms with Gasteiger partial charge in [-0.3, -0.25) is 9.36 Å². The summed E-state index contributed by atoms with van der Waals surface area (Å²) in [6, 6.07) is 22.9. The Kier molecular flexibility index (Phi) is 5.03. The lowest BCUT2D eigenvalue weighted by Gasteiger charge is -2.17. The van der Waals surface area contributed by atoms with Gasteiger partial charge in [0.15, 0.2) is 5.82 Å². The lowest BCUT2D eigenvalue weighted by molar-refractivity contribution is 0.414. The molecule has 154 valence electrons. The van der Waals surface area contributed by atoms with E-state index in [0.717, 1.165) is 27.2 Å². The first-order chi connectivity index (χ1) is 15.2. The number of nitrogens with zero attached hydrogens (tertiary/aromatic N) is 3. The molecule has 0 saturated heterocycles. The van der Waals surface area contributed by atoms with Gasteiger partial charge in [-0.15, -0.1) is 0 Å². The van der Waals surface area contributed by atoms with Gasteiger partial charge in [0, 0.05) is 11.0 Å². The number of hydrogen-bond donors (Lipinski definition) is 1. The zero-order valence-corrected chi connectivity index (χ0v) is 18.3. The molecule has 0 spiro atoms. The molecule has 1 N–H and O–H groups in total. The Hall–Kier alpha value is -3.45. The Bertz CT molecular complexity index is 1350. The average Bonchev–Trinajstić information content (AvgIpc) is 3.30. The number of benzene rings is 3. The Labute approximate surface area is 187 Å². The predicted molar refractivity (Wildman–Crippen MR) is 125 cm³/mol. The second-order valence-electron chi connectivity index (χ2n) is 7.25. The number of aromatic nitrogens is 2. The largest absolute Gasteiger partial charge is 0.497 e. The van der Waals surface area contributed by atoms with Crippen molar-refractivity contribution in [3.05, 3.63) is 99.0 Å². The SMILES string of the molecule is COc1ccc(C2CNN=C2c2nc3ccccc3c(=O)n2-c2ccc(Br)cc2)cc1. The molecule has 0 bridgehead atoms. The maximum atomic E-state index is 13.5. The van der Waals surface area contributed by atoms with Crippen LogP contribution in [-0.2, 0) is 0 Å². The number of nitrogens with one attached hydrogen (secondary N) is 1. The third kappa shape index (κ3) is 3.51. The van der Waals surface area contributed by atoms with Crippen molar-refractivity contribution in [2.24, 2.45) is 5.10 Å². The molecule has 0 aliphatic carbocycles. The number of hydrazone groups is 1. The lowest BCUT2D eigenvalue weighted by Crippen LogP contribution is -2.28. The first-order valence-corrected chi connectivity index (χ1v) is 10.7. The maximum Gasteiger partial charge on any atom is 0.266 e. The van der Waals surface area contributed by atoms with E-state index in [1.807, 2.05) is 66.7 Å². The molecule has 1 unspecified atom stereocenters. The quantitative estimate of drug-likeness (QED) is 0.480. The molecule has 6 nitrogen and oxygen atoms in total. The van der Waals surface area contributed by atoms with Gasteiger partial charge in [-0.25, -0.2) is 4.98 Å². The molecule has 4 aromatic rings. The molecule has 1 atom stereocenters. The van der Waals surface area contributed by atoms with Crippen molar-refractivity contribution in [2.75, 3.05) is 13.7 Å². The number of fused-ring (bicyclic) bond motifs is 1. The molecule has 1 aliphatic heterocycles. The van der Waals surface area contributed by atoms with Gasteiger partial charge in [-0.1, -0.05) is 40.2 Å². The second-order valence-corrected chi connectivity index (χ2v) is 8.17. The summed E-state index contributed by atoms with van der Waals surface area (Å²) in [5.74, 6) is 1.29. The highest BCUT2D eigenvalue weighted by Crippen LogP contribution is 2.27. The number of ether oxygens (including phenoxy) is 1. The van der Waals surface area contributed by atoms with E-state index in [1.165, 1.54) is 0 Å². The fourth-order valence-corrected chi connectivity index (χ4v) is 4.11. The van der Waals surface area contributed by atoms with Crippen LogP contribution in [0.1, 0.15) is 17.3 Å². The van der Waals surface area contributed by atoms with E-state index in [2.05, 4.69) is 26.5 Å². The van der Waals surface area contributed by atoms with E-state index in [9.17, 15) is 4.79 Å². The van der Waals surface area contributed by atoms with E-state index in [-0.39, 0.29) is 11.5 Å². The Morgan fingerprint density at radius 3 is 2.52 bits per heavy atom. The van der Waals surface area contributed by atoms with Crippen LogP contribution >= 0.6 is 15.9 Å². The molecule has 5 rings (SSSR count). The number of hydrogen-bond acceptors (Lipinski definition) is 5. The van der Waals surface area contributed by atoms with Crippen LogP contribution in [-0.4, -0.2) is 28.9 Å². The number of para-hydroxylation sites is 1. The lowest BCUT2D eigenvalue weighted by atomic mass is 9.94. The topological polar surface area (TPSA) is 68.5 Å². The van der Waals surface area contributed by atoms with Crippen LogP contribution in [0.3, 0.4) is 0 Å². The third-order valence-electron chi connectivity index (χ3n) is 5.43. The van der Waals surface area contributed by atoms with Gasteiger partial charge in [0.2, 0.25) is 0 Å². The van der Waals surface area contributed by atoms with E-state index >= 15 is 0 Å². The Morgan fingerprint density at radius 1 is 1.03 bits per heavy atom. The molecule has 3 aromatic carbocycles. The highest BCUT2D eigenvalue weighted by Gasteiger charge is 2.29. The first-order valence-electron chi connectivity index (χ1n) is 9.88. The minimum Gasteiger partial charge on any atom is -0.497 e. The molecule has 0 amide bonds. The molecule has 1 aromatic heterocycles. The van der Waals surface area contributed by atoms with Crippen molar-refractivity contribution >= 4 is 32.5 Å². The van der Waals surface area contributed by atoms with Crippen molar-refractivity contribution in [1.29, 1.82) is 0 Å². The van der Waals surface area contributed by atoms with Crippen LogP contribution in [0.15, 0.2) is 87.2 Å². The fraction of sp³-hybridized carbons (Fsp3) is 0.125. The first kappa shape index (κ1) is 19.5. The fourth-order valence-electron chi connectivity index (χ4n) is 3.85. The van der Waals surface area contributed by atoms with Crippen molar-refractivity contribution < 1.29 is 4.74 Å². The summed E-state index contributed by atoms with van der Waals surface area (Å²) < 4.78 is 7.88. The van der Waals surface area contributed by atoms with Crippen LogP contribution < -0.4 is 15.7 Å². The summed E-state index contributed by atoms with van der Waals surface area (Å²) in [4.78, 5) is 18.4. The molecule has 31 heavy (non-hydrogen) atoms. The molecule has 0 fully saturated rings. The van der Waals surface area contributed by atoms with E-state index in [1.54, 1.807) is 17.7 Å². The standard InChI is InChI=1S/C24H19BrN4O2/c1-31-18-12-6-15(7-13-18)20-14-26-28-22(20)23-27-21-5-3-2-4-19(21)24(30)29(23)17-10-8-16(25)9-11-17/h2-13,20,26H,14H2,1H3. The molecular formula is C24H19BrN4O2. The van der Waals surface area contributed by atoms with Crippen molar-refractivity contribution in [2.45, 2.75) is 5.92 Å². The zero-order chi connectivity index (χ0) is 21.4. The summed E-state index contributed by atoms with van der Waals surface area (Å²) in [6.45, 7) is 0.630. The van der Waals surface area contributed by atoms with Crippen LogP contribution in [0, 0.1) is 0 Å². The Morgan fingerprint density at radius 2 is 1.77 bits per heavy atom. The van der Waals surface area contributed by atoms with Gasteiger partial charge in [0.25, 0.3) is 5.56 Å². The summed E-state index contributed by atoms with van der Waals surface area (Å²) in [5.41, 5.74) is 6.18. The summed E-state index contributed by atoms with van der Waals surface area (Å²) in [6.07, 6.45) is 0. The number of methoxy groups -OCH3 is 1. The summed E-state index contributed by atoms with van der Waals surface area (Å²) >= 11 is 3.47. The second kappa shape index (κ2) is 8.00. The van der Waals surface area contributed by atoms with E-state index < -0.39 is 0 Å². The molecule has 0 radical (unpaired) electrons. The van der Waals surface area contributed by atoms with Gasteiger partial charge in [0.1, 0.15) is 11.5 Å². The molecular weight excluding hydrogens is 456 g/mol. The monoisotopic (exact) mass is 474 g/mol. The van der Waals surface area contributed by atoms with Crippen LogP contribution in [0.25, 0.3) is 16.6 Å². The molecule has 7 heteroatoms. The van der Waals surface area contributed by atoms with Crippen LogP contribution in [0.2, 0.25) is 0 Å². The third-order valence-corrected chi connectivity index (χ3v) is 5.96. The van der Waals surface area contributed by atoms with Crippen LogP contribution in [0.4, 0.5) is 0 Å². The molecule has 1 aliphatic rings. The van der Waals surface area contributed by atoms with Crippen molar-refractivity contribution in [3.8, 4) is 11.4 Å². The minimum absolute atomic E-state index is 0.0410. The number of rotatable bonds is 4. The van der Waals surface area contributed by atoms with E-state index in [4.69, 9.17) is 9.72 Å².